The van der Waals surface area contributed by atoms with Gasteiger partial charge in [-0.3, -0.25) is 9.78 Å². The average molecular weight is 415 g/mol. The fourth-order valence-corrected chi connectivity index (χ4v) is 3.55. The van der Waals surface area contributed by atoms with Gasteiger partial charge in [-0.1, -0.05) is 23.5 Å². The quantitative estimate of drug-likeness (QED) is 0.553. The third-order valence-electron chi connectivity index (χ3n) is 3.48. The van der Waals surface area contributed by atoms with E-state index >= 15 is 0 Å². The number of anilines is 1. The highest BCUT2D eigenvalue weighted by Crippen LogP contribution is 2.27. The molecule has 124 valence electrons. The van der Waals surface area contributed by atoms with Crippen molar-refractivity contribution >= 4 is 43.8 Å². The molecular formula is C16H11BrN6OS. The molecule has 1 aromatic carbocycles. The molecule has 0 bridgehead atoms. The number of carbonyl (C=O) groups is 1. The summed E-state index contributed by atoms with van der Waals surface area (Å²) in [7, 11) is 0. The molecule has 0 aliphatic carbocycles. The van der Waals surface area contributed by atoms with Crippen LogP contribution in [0.2, 0.25) is 0 Å². The van der Waals surface area contributed by atoms with Gasteiger partial charge in [0.15, 0.2) is 5.82 Å². The first kappa shape index (κ1) is 15.9. The van der Waals surface area contributed by atoms with Crippen molar-refractivity contribution in [3.05, 3.63) is 58.6 Å². The van der Waals surface area contributed by atoms with E-state index in [0.29, 0.717) is 11.3 Å². The van der Waals surface area contributed by atoms with Gasteiger partial charge >= 0.3 is 0 Å². The topological polar surface area (TPSA) is 85.1 Å². The van der Waals surface area contributed by atoms with Crippen LogP contribution >= 0.6 is 27.3 Å². The predicted octanol–water partition coefficient (Wildman–Crippen LogP) is 3.57. The van der Waals surface area contributed by atoms with Gasteiger partial charge in [-0.2, -0.15) is 9.61 Å². The predicted molar refractivity (Wildman–Crippen MR) is 98.7 cm³/mol. The van der Waals surface area contributed by atoms with E-state index in [9.17, 15) is 4.79 Å². The van der Waals surface area contributed by atoms with E-state index in [2.05, 4.69) is 41.5 Å². The number of aromatic nitrogens is 5. The summed E-state index contributed by atoms with van der Waals surface area (Å²) in [6.07, 6.45) is 3.16. The lowest BCUT2D eigenvalue weighted by Crippen LogP contribution is -2.12. The minimum absolute atomic E-state index is 0.222. The van der Waals surface area contributed by atoms with Crippen LogP contribution in [0.1, 0.15) is 16.2 Å². The van der Waals surface area contributed by atoms with Crippen molar-refractivity contribution in [1.29, 1.82) is 0 Å². The van der Waals surface area contributed by atoms with Crippen molar-refractivity contribution in [2.45, 2.75) is 6.92 Å². The van der Waals surface area contributed by atoms with Crippen molar-refractivity contribution in [1.82, 2.24) is 24.8 Å². The smallest absolute Gasteiger partial charge is 0.257 e. The number of nitrogens with one attached hydrogen (secondary N) is 1. The summed E-state index contributed by atoms with van der Waals surface area (Å²) in [5.41, 5.74) is 2.07. The second-order valence-corrected chi connectivity index (χ2v) is 7.15. The maximum Gasteiger partial charge on any atom is 0.257 e. The van der Waals surface area contributed by atoms with Crippen LogP contribution in [-0.2, 0) is 0 Å². The number of hydrogen-bond acceptors (Lipinski definition) is 6. The molecule has 0 spiro atoms. The Labute approximate surface area is 154 Å². The maximum absolute atomic E-state index is 12.4. The summed E-state index contributed by atoms with van der Waals surface area (Å²) in [6, 6.07) is 9.25. The van der Waals surface area contributed by atoms with Crippen molar-refractivity contribution < 1.29 is 4.79 Å². The molecule has 0 atom stereocenters. The first-order valence-corrected chi connectivity index (χ1v) is 8.92. The zero-order chi connectivity index (χ0) is 17.4. The van der Waals surface area contributed by atoms with Crippen LogP contribution in [0.15, 0.2) is 47.2 Å². The Kier molecular flexibility index (Phi) is 4.02. The summed E-state index contributed by atoms with van der Waals surface area (Å²) < 4.78 is 2.46. The van der Waals surface area contributed by atoms with Crippen molar-refractivity contribution in [2.75, 3.05) is 5.32 Å². The molecule has 0 aliphatic heterocycles. The molecule has 0 aliphatic rings. The highest BCUT2D eigenvalue weighted by Gasteiger charge is 2.12. The number of aryl methyl sites for hydroxylation is 1. The van der Waals surface area contributed by atoms with Crippen LogP contribution in [0.25, 0.3) is 15.5 Å². The molecule has 1 N–H and O–H groups in total. The molecule has 4 aromatic rings. The van der Waals surface area contributed by atoms with Crippen LogP contribution in [-0.4, -0.2) is 30.7 Å². The Hall–Kier alpha value is -2.65. The number of carbonyl (C=O) groups excluding carboxylic acids is 1. The zero-order valence-electron chi connectivity index (χ0n) is 13.0. The number of pyridine rings is 1. The summed E-state index contributed by atoms with van der Waals surface area (Å²) in [5.74, 6) is 0.518. The largest absolute Gasteiger partial charge is 0.322 e. The third-order valence-corrected chi connectivity index (χ3v) is 4.86. The molecule has 7 nitrogen and oxygen atoms in total. The second-order valence-electron chi connectivity index (χ2n) is 5.28. The molecule has 0 fully saturated rings. The SMILES string of the molecule is Cc1nnc2sc(-c3cccc(NC(=O)c4cncc(Br)c4)c3)nn12. The number of halogens is 1. The molecule has 0 unspecified atom stereocenters. The van der Waals surface area contributed by atoms with Gasteiger partial charge in [0.05, 0.1) is 5.56 Å². The molecule has 9 heteroatoms. The Morgan fingerprint density at radius 1 is 1.24 bits per heavy atom. The van der Waals surface area contributed by atoms with Gasteiger partial charge in [0, 0.05) is 28.1 Å². The molecular weight excluding hydrogens is 404 g/mol. The van der Waals surface area contributed by atoms with Crippen LogP contribution in [0.5, 0.6) is 0 Å². The Morgan fingerprint density at radius 3 is 2.92 bits per heavy atom. The first-order chi connectivity index (χ1) is 12.1. The minimum Gasteiger partial charge on any atom is -0.322 e. The Morgan fingerprint density at radius 2 is 2.12 bits per heavy atom. The molecule has 3 heterocycles. The van der Waals surface area contributed by atoms with Crippen molar-refractivity contribution in [3.63, 3.8) is 0 Å². The van der Waals surface area contributed by atoms with E-state index in [1.165, 1.54) is 17.5 Å². The van der Waals surface area contributed by atoms with Gasteiger partial charge < -0.3 is 5.32 Å². The van der Waals surface area contributed by atoms with E-state index in [4.69, 9.17) is 0 Å². The van der Waals surface area contributed by atoms with Crippen LogP contribution in [0.3, 0.4) is 0 Å². The second kappa shape index (κ2) is 6.34. The molecule has 4 rings (SSSR count). The molecule has 0 saturated carbocycles. The van der Waals surface area contributed by atoms with Crippen LogP contribution in [0, 0.1) is 6.92 Å². The van der Waals surface area contributed by atoms with E-state index in [1.807, 2.05) is 31.2 Å². The molecule has 1 amide bonds. The molecule has 25 heavy (non-hydrogen) atoms. The number of amides is 1. The minimum atomic E-state index is -0.222. The van der Waals surface area contributed by atoms with E-state index < -0.39 is 0 Å². The molecule has 0 radical (unpaired) electrons. The normalized spacial score (nSPS) is 11.0. The highest BCUT2D eigenvalue weighted by molar-refractivity contribution is 9.10. The van der Waals surface area contributed by atoms with Gasteiger partial charge in [0.2, 0.25) is 4.96 Å². The molecule has 0 saturated heterocycles. The van der Waals surface area contributed by atoms with Gasteiger partial charge in [0.25, 0.3) is 5.91 Å². The van der Waals surface area contributed by atoms with Gasteiger partial charge in [-0.15, -0.1) is 10.2 Å². The Balaban J connectivity index is 1.61. The number of fused-ring (bicyclic) bond motifs is 1. The summed E-state index contributed by atoms with van der Waals surface area (Å²) in [5, 5.41) is 16.3. The van der Waals surface area contributed by atoms with Gasteiger partial charge in [-0.25, -0.2) is 0 Å². The number of rotatable bonds is 3. The fourth-order valence-electron chi connectivity index (χ4n) is 2.30. The van der Waals surface area contributed by atoms with E-state index in [0.717, 1.165) is 25.8 Å². The fraction of sp³-hybridized carbons (Fsp3) is 0.0625. The summed E-state index contributed by atoms with van der Waals surface area (Å²) in [4.78, 5) is 17.1. The maximum atomic E-state index is 12.4. The number of nitrogens with zero attached hydrogens (tertiary/aromatic N) is 5. The summed E-state index contributed by atoms with van der Waals surface area (Å²) >= 11 is 4.76. The van der Waals surface area contributed by atoms with Crippen LogP contribution in [0.4, 0.5) is 5.69 Å². The summed E-state index contributed by atoms with van der Waals surface area (Å²) in [6.45, 7) is 1.85. The van der Waals surface area contributed by atoms with Gasteiger partial charge in [-0.05, 0) is 41.1 Å². The molecule has 3 aromatic heterocycles. The van der Waals surface area contributed by atoms with E-state index in [1.54, 1.807) is 16.8 Å². The van der Waals surface area contributed by atoms with Crippen molar-refractivity contribution in [3.8, 4) is 10.6 Å². The first-order valence-electron chi connectivity index (χ1n) is 7.31. The van der Waals surface area contributed by atoms with Crippen molar-refractivity contribution in [2.24, 2.45) is 0 Å². The lowest BCUT2D eigenvalue weighted by atomic mass is 10.2. The third kappa shape index (κ3) is 3.15. The van der Waals surface area contributed by atoms with E-state index in [-0.39, 0.29) is 5.91 Å². The zero-order valence-corrected chi connectivity index (χ0v) is 15.4. The number of hydrogen-bond donors (Lipinski definition) is 1. The van der Waals surface area contributed by atoms with Crippen LogP contribution < -0.4 is 5.32 Å². The lowest BCUT2D eigenvalue weighted by Gasteiger charge is -2.06. The number of benzene rings is 1. The monoisotopic (exact) mass is 414 g/mol. The lowest BCUT2D eigenvalue weighted by molar-refractivity contribution is 0.102. The Bertz CT molecular complexity index is 1090. The highest BCUT2D eigenvalue weighted by atomic mass is 79.9. The standard InChI is InChI=1S/C16H11BrN6OS/c1-9-20-21-16-23(9)22-15(25-16)10-3-2-4-13(6-10)19-14(24)11-5-12(17)8-18-7-11/h2-8H,1H3,(H,19,24). The average Bonchev–Trinajstić information content (AvgIpc) is 3.17. The van der Waals surface area contributed by atoms with Gasteiger partial charge in [0.1, 0.15) is 5.01 Å².